The number of alkyl halides is 2. The Morgan fingerprint density at radius 2 is 1.87 bits per heavy atom. The van der Waals surface area contributed by atoms with Crippen molar-refractivity contribution >= 4 is 39.8 Å². The molecule has 2 N–H and O–H groups in total. The molecule has 0 atom stereocenters. The number of carbonyl (C=O) groups excluding carboxylic acids is 1. The number of benzene rings is 2. The van der Waals surface area contributed by atoms with E-state index in [-0.39, 0.29) is 22.9 Å². The number of anilines is 2. The first-order chi connectivity index (χ1) is 18.3. The quantitative estimate of drug-likeness (QED) is 0.436. The van der Waals surface area contributed by atoms with Crippen molar-refractivity contribution in [3.8, 4) is 0 Å². The van der Waals surface area contributed by atoms with Crippen molar-refractivity contribution in [2.45, 2.75) is 57.9 Å². The Labute approximate surface area is 220 Å². The van der Waals surface area contributed by atoms with E-state index in [1.54, 1.807) is 30.8 Å². The Hall–Kier alpha value is -3.81. The first-order valence-electron chi connectivity index (χ1n) is 13.1. The highest BCUT2D eigenvalue weighted by molar-refractivity contribution is 6.10. The van der Waals surface area contributed by atoms with Crippen LogP contribution in [0.2, 0.25) is 0 Å². The van der Waals surface area contributed by atoms with Gasteiger partial charge in [-0.15, -0.1) is 0 Å². The Morgan fingerprint density at radius 3 is 2.58 bits per heavy atom. The van der Waals surface area contributed by atoms with Gasteiger partial charge in [0.1, 0.15) is 5.78 Å². The van der Waals surface area contributed by atoms with E-state index >= 15 is 0 Å². The molecule has 0 bridgehead atoms. The van der Waals surface area contributed by atoms with Crippen LogP contribution in [0.1, 0.15) is 60.8 Å². The number of aliphatic imine (C=N–C) groups is 1. The smallest absolute Gasteiger partial charge is 0.264 e. The molecule has 3 aromatic rings. The summed E-state index contributed by atoms with van der Waals surface area (Å²) in [4.78, 5) is 30.7. The maximum atomic E-state index is 14.5. The average Bonchev–Trinajstić information content (AvgIpc) is 2.92. The Bertz CT molecular complexity index is 1510. The van der Waals surface area contributed by atoms with Gasteiger partial charge in [-0.1, -0.05) is 6.07 Å². The zero-order valence-electron chi connectivity index (χ0n) is 21.7. The van der Waals surface area contributed by atoms with Crippen LogP contribution in [0.15, 0.2) is 52.4 Å². The van der Waals surface area contributed by atoms with Crippen LogP contribution in [-0.2, 0) is 18.3 Å². The topological polar surface area (TPSA) is 80.7 Å². The zero-order valence-corrected chi connectivity index (χ0v) is 21.7. The highest BCUT2D eigenvalue weighted by atomic mass is 19.3. The zero-order chi connectivity index (χ0) is 27.0. The number of aryl methyl sites for hydroxylation is 3. The summed E-state index contributed by atoms with van der Waals surface area (Å²) < 4.78 is 30.5. The fraction of sp³-hybridized carbons (Fsp3) is 0.367. The number of halogens is 2. The molecular formula is C30H32F2N4O2. The lowest BCUT2D eigenvalue weighted by atomic mass is 9.91. The summed E-state index contributed by atoms with van der Waals surface area (Å²) >= 11 is 0. The first kappa shape index (κ1) is 25.8. The summed E-state index contributed by atoms with van der Waals surface area (Å²) in [6.07, 6.45) is 4.17. The molecule has 38 heavy (non-hydrogen) atoms. The van der Waals surface area contributed by atoms with Crippen molar-refractivity contribution < 1.29 is 13.6 Å². The molecule has 0 spiro atoms. The minimum Gasteiger partial charge on any atom is -0.404 e. The van der Waals surface area contributed by atoms with Gasteiger partial charge < -0.3 is 15.2 Å². The number of rotatable bonds is 5. The first-order valence-corrected chi connectivity index (χ1v) is 13.1. The second-order valence-corrected chi connectivity index (χ2v) is 10.2. The van der Waals surface area contributed by atoms with E-state index in [1.165, 1.54) is 6.20 Å². The molecule has 0 amide bonds. The van der Waals surface area contributed by atoms with Gasteiger partial charge in [0, 0.05) is 66.6 Å². The third-order valence-electron chi connectivity index (χ3n) is 7.75. The predicted octanol–water partition coefficient (Wildman–Crippen LogP) is 5.75. The minimum absolute atomic E-state index is 0.00319. The number of hydrogen-bond donors (Lipinski definition) is 1. The molecule has 2 aliphatic rings. The molecule has 6 nitrogen and oxygen atoms in total. The van der Waals surface area contributed by atoms with Gasteiger partial charge in [-0.25, -0.2) is 8.78 Å². The number of carbonyl (C=O) groups is 1. The molecule has 1 aliphatic carbocycles. The Morgan fingerprint density at radius 1 is 1.11 bits per heavy atom. The molecule has 8 heteroatoms. The van der Waals surface area contributed by atoms with Crippen molar-refractivity contribution in [2.75, 3.05) is 11.4 Å². The van der Waals surface area contributed by atoms with Gasteiger partial charge in [0.2, 0.25) is 0 Å². The summed E-state index contributed by atoms with van der Waals surface area (Å²) in [6.45, 7) is 2.47. The predicted molar refractivity (Wildman–Crippen MR) is 149 cm³/mol. The van der Waals surface area contributed by atoms with Crippen molar-refractivity contribution in [2.24, 2.45) is 17.8 Å². The lowest BCUT2D eigenvalue weighted by Gasteiger charge is -2.33. The number of Topliss-reactive ketones (excluding diaryl/α,β-unsaturated/α-hetero) is 1. The molecule has 5 rings (SSSR count). The minimum atomic E-state index is -2.70. The fourth-order valence-corrected chi connectivity index (χ4v) is 5.66. The van der Waals surface area contributed by atoms with Gasteiger partial charge in [-0.3, -0.25) is 14.6 Å². The lowest BCUT2D eigenvalue weighted by Crippen LogP contribution is -2.26. The maximum absolute atomic E-state index is 14.5. The van der Waals surface area contributed by atoms with Crippen LogP contribution in [0.5, 0.6) is 0 Å². The van der Waals surface area contributed by atoms with Crippen molar-refractivity contribution in [1.82, 2.24) is 4.57 Å². The SMILES string of the molecule is Cc1cc2c(N3CCCc4cc(/C(C=NC5CCC(=O)CC5)=C/N)c(C(F)F)cc43)cccc2n(C)c1=O. The molecule has 0 radical (unpaired) electrons. The van der Waals surface area contributed by atoms with E-state index in [9.17, 15) is 18.4 Å². The Balaban J connectivity index is 1.58. The molecule has 1 aliphatic heterocycles. The number of hydrogen-bond acceptors (Lipinski definition) is 5. The molecule has 1 saturated carbocycles. The van der Waals surface area contributed by atoms with E-state index in [1.807, 2.05) is 30.3 Å². The highest BCUT2D eigenvalue weighted by Crippen LogP contribution is 2.41. The molecule has 1 fully saturated rings. The summed E-state index contributed by atoms with van der Waals surface area (Å²) in [7, 11) is 1.75. The summed E-state index contributed by atoms with van der Waals surface area (Å²) in [5.41, 5.74) is 10.6. The number of nitrogens with two attached hydrogens (primary N) is 1. The summed E-state index contributed by atoms with van der Waals surface area (Å²) in [5, 5.41) is 0.906. The number of nitrogens with zero attached hydrogens (tertiary/aromatic N) is 3. The van der Waals surface area contributed by atoms with Crippen LogP contribution in [0, 0.1) is 6.92 Å². The van der Waals surface area contributed by atoms with Gasteiger partial charge >= 0.3 is 0 Å². The second-order valence-electron chi connectivity index (χ2n) is 10.2. The van der Waals surface area contributed by atoms with Crippen molar-refractivity contribution in [3.05, 3.63) is 75.2 Å². The van der Waals surface area contributed by atoms with Crippen LogP contribution in [0.4, 0.5) is 20.2 Å². The van der Waals surface area contributed by atoms with Crippen LogP contribution in [0.3, 0.4) is 0 Å². The van der Waals surface area contributed by atoms with Gasteiger partial charge in [0.15, 0.2) is 0 Å². The van der Waals surface area contributed by atoms with E-state index < -0.39 is 6.43 Å². The normalized spacial score (nSPS) is 17.1. The Kier molecular flexibility index (Phi) is 7.15. The number of allylic oxidation sites excluding steroid dienone is 1. The van der Waals surface area contributed by atoms with E-state index in [0.717, 1.165) is 40.7 Å². The standard InChI is InChI=1S/C30H32F2N4O2/c1-18-13-25-26(35(2)30(18)38)6-3-7-27(25)36-12-4-5-19-14-23(24(29(31)32)15-28(19)36)20(16-33)17-34-21-8-10-22(37)11-9-21/h3,6-7,13-17,21,29H,4-5,8-12,33H2,1-2H3/b20-16+,34-17?. The highest BCUT2D eigenvalue weighted by Gasteiger charge is 2.26. The van der Waals surface area contributed by atoms with E-state index in [2.05, 4.69) is 9.89 Å². The summed E-state index contributed by atoms with van der Waals surface area (Å²) in [6, 6.07) is 11.1. The molecule has 2 aromatic carbocycles. The molecular weight excluding hydrogens is 486 g/mol. The van der Waals surface area contributed by atoms with E-state index in [4.69, 9.17) is 5.73 Å². The second kappa shape index (κ2) is 10.5. The van der Waals surface area contributed by atoms with E-state index in [0.29, 0.717) is 48.9 Å². The van der Waals surface area contributed by atoms with Crippen molar-refractivity contribution in [3.63, 3.8) is 0 Å². The number of ketones is 1. The van der Waals surface area contributed by atoms with Gasteiger partial charge in [0.25, 0.3) is 12.0 Å². The lowest BCUT2D eigenvalue weighted by molar-refractivity contribution is -0.120. The largest absolute Gasteiger partial charge is 0.404 e. The maximum Gasteiger partial charge on any atom is 0.264 e. The molecule has 0 saturated heterocycles. The third kappa shape index (κ3) is 4.75. The van der Waals surface area contributed by atoms with Gasteiger partial charge in [-0.05, 0) is 74.1 Å². The number of fused-ring (bicyclic) bond motifs is 2. The number of aromatic nitrogens is 1. The monoisotopic (exact) mass is 518 g/mol. The van der Waals surface area contributed by atoms with Crippen LogP contribution in [0.25, 0.3) is 16.5 Å². The molecule has 198 valence electrons. The summed E-state index contributed by atoms with van der Waals surface area (Å²) in [5.74, 6) is 0.244. The third-order valence-corrected chi connectivity index (χ3v) is 7.75. The van der Waals surface area contributed by atoms with Crippen LogP contribution >= 0.6 is 0 Å². The van der Waals surface area contributed by atoms with Crippen molar-refractivity contribution in [1.29, 1.82) is 0 Å². The van der Waals surface area contributed by atoms with Gasteiger partial charge in [0.05, 0.1) is 17.2 Å². The fourth-order valence-electron chi connectivity index (χ4n) is 5.66. The average molecular weight is 519 g/mol. The molecule has 0 unspecified atom stereocenters. The van der Waals surface area contributed by atoms with Crippen LogP contribution < -0.4 is 16.2 Å². The van der Waals surface area contributed by atoms with Gasteiger partial charge in [-0.2, -0.15) is 0 Å². The molecule has 2 heterocycles. The number of pyridine rings is 1. The molecule has 1 aromatic heterocycles. The van der Waals surface area contributed by atoms with Crippen LogP contribution in [-0.4, -0.2) is 29.2 Å².